The van der Waals surface area contributed by atoms with Crippen molar-refractivity contribution < 1.29 is 14.3 Å². The van der Waals surface area contributed by atoms with Crippen LogP contribution in [0.25, 0.3) is 0 Å². The Morgan fingerprint density at radius 1 is 1.21 bits per heavy atom. The van der Waals surface area contributed by atoms with E-state index in [0.717, 1.165) is 30.6 Å². The number of hydrogen-bond donors (Lipinski definition) is 0. The van der Waals surface area contributed by atoms with E-state index in [0.29, 0.717) is 24.5 Å². The van der Waals surface area contributed by atoms with Crippen molar-refractivity contribution >= 4 is 6.29 Å². The molecule has 0 saturated carbocycles. The summed E-state index contributed by atoms with van der Waals surface area (Å²) in [5.74, 6) is 1.41. The molecule has 106 valence electrons. The van der Waals surface area contributed by atoms with Crippen LogP contribution in [0.5, 0.6) is 11.5 Å². The molecule has 0 saturated heterocycles. The fourth-order valence-electron chi connectivity index (χ4n) is 1.68. The van der Waals surface area contributed by atoms with Crippen molar-refractivity contribution in [1.29, 1.82) is 0 Å². The lowest BCUT2D eigenvalue weighted by atomic mass is 10.1. The first kappa shape index (κ1) is 15.5. The van der Waals surface area contributed by atoms with Crippen molar-refractivity contribution in [2.45, 2.75) is 20.3 Å². The molecule has 4 heteroatoms. The minimum Gasteiger partial charge on any atom is -0.493 e. The average Bonchev–Trinajstić information content (AvgIpc) is 2.38. The highest BCUT2D eigenvalue weighted by atomic mass is 16.5. The predicted molar refractivity (Wildman–Crippen MR) is 76.4 cm³/mol. The Morgan fingerprint density at radius 2 is 1.95 bits per heavy atom. The van der Waals surface area contributed by atoms with E-state index < -0.39 is 0 Å². The molecular weight excluding hydrogens is 242 g/mol. The molecule has 0 radical (unpaired) electrons. The summed E-state index contributed by atoms with van der Waals surface area (Å²) in [5, 5.41) is 0. The summed E-state index contributed by atoms with van der Waals surface area (Å²) in [6.45, 7) is 5.99. The summed E-state index contributed by atoms with van der Waals surface area (Å²) in [4.78, 5) is 13.1. The van der Waals surface area contributed by atoms with E-state index in [9.17, 15) is 4.79 Å². The first-order valence-electron chi connectivity index (χ1n) is 6.59. The Hall–Kier alpha value is -1.55. The van der Waals surface area contributed by atoms with Crippen molar-refractivity contribution in [2.75, 3.05) is 33.9 Å². The number of hydrogen-bond acceptors (Lipinski definition) is 4. The lowest BCUT2D eigenvalue weighted by Crippen LogP contribution is -2.20. The third kappa shape index (κ3) is 4.56. The maximum Gasteiger partial charge on any atom is 0.153 e. The van der Waals surface area contributed by atoms with Gasteiger partial charge in [0.2, 0.25) is 0 Å². The van der Waals surface area contributed by atoms with E-state index in [4.69, 9.17) is 9.47 Å². The number of rotatable bonds is 8. The van der Waals surface area contributed by atoms with Crippen LogP contribution in [0.1, 0.15) is 29.3 Å². The van der Waals surface area contributed by atoms with Crippen LogP contribution < -0.4 is 9.47 Å². The van der Waals surface area contributed by atoms with Crippen molar-refractivity contribution in [3.8, 4) is 11.5 Å². The van der Waals surface area contributed by atoms with Gasteiger partial charge in [0.25, 0.3) is 0 Å². The number of carbonyl (C=O) groups is 1. The second-order valence-corrected chi connectivity index (χ2v) is 4.73. The molecule has 0 bridgehead atoms. The summed E-state index contributed by atoms with van der Waals surface area (Å²) < 4.78 is 11.4. The quantitative estimate of drug-likeness (QED) is 0.677. The molecule has 0 aliphatic heterocycles. The van der Waals surface area contributed by atoms with E-state index in [-0.39, 0.29) is 0 Å². The van der Waals surface area contributed by atoms with Gasteiger partial charge in [0.05, 0.1) is 12.2 Å². The Labute approximate surface area is 115 Å². The SMILES string of the molecule is CCCOc1ccc(C=O)c(OCCN(C)C)c1C. The number of carbonyl (C=O) groups excluding carboxylic acids is 1. The van der Waals surface area contributed by atoms with Gasteiger partial charge in [-0.25, -0.2) is 0 Å². The second kappa shape index (κ2) is 7.79. The van der Waals surface area contributed by atoms with E-state index in [2.05, 4.69) is 6.92 Å². The molecule has 4 nitrogen and oxygen atoms in total. The van der Waals surface area contributed by atoms with Gasteiger partial charge in [0.1, 0.15) is 18.1 Å². The lowest BCUT2D eigenvalue weighted by molar-refractivity contribution is 0.111. The Kier molecular flexibility index (Phi) is 6.36. The van der Waals surface area contributed by atoms with E-state index in [1.165, 1.54) is 0 Å². The normalized spacial score (nSPS) is 10.6. The Bertz CT molecular complexity index is 416. The zero-order chi connectivity index (χ0) is 14.3. The minimum atomic E-state index is 0.548. The summed E-state index contributed by atoms with van der Waals surface area (Å²) in [5.41, 5.74) is 1.46. The maximum atomic E-state index is 11.1. The van der Waals surface area contributed by atoms with Crippen LogP contribution in [-0.2, 0) is 0 Å². The highest BCUT2D eigenvalue weighted by Crippen LogP contribution is 2.30. The predicted octanol–water partition coefficient (Wildman–Crippen LogP) is 2.54. The van der Waals surface area contributed by atoms with Crippen molar-refractivity contribution in [2.24, 2.45) is 0 Å². The molecule has 0 amide bonds. The summed E-state index contributed by atoms with van der Waals surface area (Å²) in [7, 11) is 3.97. The van der Waals surface area contributed by atoms with Crippen LogP contribution in [-0.4, -0.2) is 45.0 Å². The third-order valence-electron chi connectivity index (χ3n) is 2.76. The van der Waals surface area contributed by atoms with Gasteiger partial charge >= 0.3 is 0 Å². The molecule has 1 aromatic carbocycles. The van der Waals surface area contributed by atoms with Gasteiger partial charge in [-0.05, 0) is 39.6 Å². The van der Waals surface area contributed by atoms with Crippen LogP contribution in [0, 0.1) is 6.92 Å². The Morgan fingerprint density at radius 3 is 2.53 bits per heavy atom. The molecule has 0 fully saturated rings. The molecule has 19 heavy (non-hydrogen) atoms. The molecule has 1 aromatic rings. The topological polar surface area (TPSA) is 38.8 Å². The molecule has 0 atom stereocenters. The van der Waals surface area contributed by atoms with Gasteiger partial charge in [0, 0.05) is 12.1 Å². The second-order valence-electron chi connectivity index (χ2n) is 4.73. The number of benzene rings is 1. The van der Waals surface area contributed by atoms with Crippen LogP contribution in [0.15, 0.2) is 12.1 Å². The van der Waals surface area contributed by atoms with Crippen LogP contribution in [0.3, 0.4) is 0 Å². The van der Waals surface area contributed by atoms with Crippen molar-refractivity contribution in [1.82, 2.24) is 4.90 Å². The first-order chi connectivity index (χ1) is 9.10. The molecule has 0 N–H and O–H groups in total. The van der Waals surface area contributed by atoms with E-state index in [1.54, 1.807) is 6.07 Å². The molecule has 0 unspecified atom stereocenters. The van der Waals surface area contributed by atoms with Gasteiger partial charge in [-0.15, -0.1) is 0 Å². The van der Waals surface area contributed by atoms with E-state index in [1.807, 2.05) is 32.0 Å². The minimum absolute atomic E-state index is 0.548. The zero-order valence-corrected chi connectivity index (χ0v) is 12.2. The fraction of sp³-hybridized carbons (Fsp3) is 0.533. The summed E-state index contributed by atoms with van der Waals surface area (Å²) >= 11 is 0. The molecule has 0 spiro atoms. The number of ether oxygens (including phenoxy) is 2. The lowest BCUT2D eigenvalue weighted by Gasteiger charge is -2.16. The monoisotopic (exact) mass is 265 g/mol. The Balaban J connectivity index is 2.87. The molecular formula is C15H23NO3. The van der Waals surface area contributed by atoms with Gasteiger partial charge in [-0.2, -0.15) is 0 Å². The molecule has 0 aromatic heterocycles. The van der Waals surface area contributed by atoms with Crippen LogP contribution in [0.2, 0.25) is 0 Å². The third-order valence-corrected chi connectivity index (χ3v) is 2.76. The molecule has 0 heterocycles. The van der Waals surface area contributed by atoms with Gasteiger partial charge in [0.15, 0.2) is 6.29 Å². The molecule has 1 rings (SSSR count). The van der Waals surface area contributed by atoms with E-state index >= 15 is 0 Å². The van der Waals surface area contributed by atoms with Gasteiger partial charge in [-0.3, -0.25) is 4.79 Å². The molecule has 0 aliphatic carbocycles. The highest BCUT2D eigenvalue weighted by molar-refractivity contribution is 5.81. The first-order valence-corrected chi connectivity index (χ1v) is 6.59. The number of likely N-dealkylation sites (N-methyl/N-ethyl adjacent to an activating group) is 1. The van der Waals surface area contributed by atoms with Crippen molar-refractivity contribution in [3.05, 3.63) is 23.3 Å². The average molecular weight is 265 g/mol. The number of nitrogens with zero attached hydrogens (tertiary/aromatic N) is 1. The zero-order valence-electron chi connectivity index (χ0n) is 12.2. The van der Waals surface area contributed by atoms with Gasteiger partial charge < -0.3 is 14.4 Å². The summed E-state index contributed by atoms with van der Waals surface area (Å²) in [6.07, 6.45) is 1.77. The smallest absolute Gasteiger partial charge is 0.153 e. The highest BCUT2D eigenvalue weighted by Gasteiger charge is 2.12. The molecule has 0 aliphatic rings. The van der Waals surface area contributed by atoms with Crippen LogP contribution in [0.4, 0.5) is 0 Å². The number of aldehydes is 1. The van der Waals surface area contributed by atoms with Crippen molar-refractivity contribution in [3.63, 3.8) is 0 Å². The maximum absolute atomic E-state index is 11.1. The summed E-state index contributed by atoms with van der Waals surface area (Å²) in [6, 6.07) is 3.57. The van der Waals surface area contributed by atoms with Gasteiger partial charge in [-0.1, -0.05) is 6.92 Å². The fourth-order valence-corrected chi connectivity index (χ4v) is 1.68. The standard InChI is InChI=1S/C15H23NO3/c1-5-9-18-14-7-6-13(11-17)15(12(14)2)19-10-8-16(3)4/h6-7,11H,5,8-10H2,1-4H3. The van der Waals surface area contributed by atoms with Crippen LogP contribution >= 0.6 is 0 Å². The largest absolute Gasteiger partial charge is 0.493 e.